The van der Waals surface area contributed by atoms with E-state index in [0.29, 0.717) is 0 Å². The molecule has 4 heteroatoms. The van der Waals surface area contributed by atoms with Crippen molar-refractivity contribution in [3.8, 4) is 0 Å². The molecule has 0 heterocycles. The van der Waals surface area contributed by atoms with Crippen LogP contribution in [0.2, 0.25) is 39.3 Å². The third kappa shape index (κ3) is 10.6. The van der Waals surface area contributed by atoms with Crippen molar-refractivity contribution < 1.29 is 0 Å². The van der Waals surface area contributed by atoms with Gasteiger partial charge in [0.15, 0.2) is 0 Å². The Kier molecular flexibility index (Phi) is 6.32. The summed E-state index contributed by atoms with van der Waals surface area (Å²) in [4.78, 5) is 2.67. The van der Waals surface area contributed by atoms with E-state index in [4.69, 9.17) is 5.73 Å². The lowest BCUT2D eigenvalue weighted by molar-refractivity contribution is 0.353. The Morgan fingerprint density at radius 1 is 0.867 bits per heavy atom. The van der Waals surface area contributed by atoms with Crippen LogP contribution in [0.15, 0.2) is 0 Å². The average Bonchev–Trinajstić information content (AvgIpc) is 1.94. The van der Waals surface area contributed by atoms with Crippen molar-refractivity contribution >= 4 is 16.1 Å². The van der Waals surface area contributed by atoms with Gasteiger partial charge in [-0.15, -0.1) is 0 Å². The maximum atomic E-state index is 5.60. The van der Waals surface area contributed by atoms with Crippen LogP contribution in [0, 0.1) is 0 Å². The third-order valence-electron chi connectivity index (χ3n) is 2.07. The predicted molar refractivity (Wildman–Crippen MR) is 76.8 cm³/mol. The van der Waals surface area contributed by atoms with Crippen LogP contribution in [0.3, 0.4) is 0 Å². The summed E-state index contributed by atoms with van der Waals surface area (Å²) in [5.41, 5.74) is 5.60. The van der Waals surface area contributed by atoms with Gasteiger partial charge >= 0.3 is 0 Å². The molecular weight excluding hydrogens is 216 g/mol. The second kappa shape index (κ2) is 6.18. The Morgan fingerprint density at radius 3 is 1.53 bits per heavy atom. The summed E-state index contributed by atoms with van der Waals surface area (Å²) in [6.45, 7) is 16.7. The van der Waals surface area contributed by atoms with Gasteiger partial charge in [0.2, 0.25) is 0 Å². The van der Waals surface area contributed by atoms with E-state index in [-0.39, 0.29) is 0 Å². The molecule has 0 rings (SSSR count). The molecule has 2 N–H and O–H groups in total. The molecule has 2 nitrogen and oxygen atoms in total. The van der Waals surface area contributed by atoms with Crippen LogP contribution >= 0.6 is 0 Å². The van der Waals surface area contributed by atoms with E-state index in [2.05, 4.69) is 44.2 Å². The van der Waals surface area contributed by atoms with Gasteiger partial charge in [0.25, 0.3) is 0 Å². The van der Waals surface area contributed by atoms with Crippen molar-refractivity contribution in [2.75, 3.05) is 25.4 Å². The highest BCUT2D eigenvalue weighted by Gasteiger charge is 2.23. The van der Waals surface area contributed by atoms with Crippen LogP contribution < -0.4 is 5.73 Å². The summed E-state index contributed by atoms with van der Waals surface area (Å²) in [6, 6.07) is 0. The van der Waals surface area contributed by atoms with Gasteiger partial charge in [0.1, 0.15) is 0 Å². The second-order valence-corrected chi connectivity index (χ2v) is 17.8. The van der Waals surface area contributed by atoms with Crippen molar-refractivity contribution in [1.29, 1.82) is 0 Å². The van der Waals surface area contributed by atoms with Crippen LogP contribution in [0.5, 0.6) is 0 Å². The molecule has 0 aliphatic rings. The first-order valence-corrected chi connectivity index (χ1v) is 13.5. The normalized spacial score (nSPS) is 13.6. The van der Waals surface area contributed by atoms with Gasteiger partial charge in [0.05, 0.1) is 16.1 Å². The molecule has 0 fully saturated rings. The van der Waals surface area contributed by atoms with E-state index in [1.54, 1.807) is 0 Å². The first-order chi connectivity index (χ1) is 6.64. The first-order valence-electron chi connectivity index (χ1n) is 6.06. The quantitative estimate of drug-likeness (QED) is 0.699. The summed E-state index contributed by atoms with van der Waals surface area (Å²) >= 11 is 0. The molecule has 0 aromatic rings. The molecule has 0 saturated heterocycles. The fourth-order valence-corrected chi connectivity index (χ4v) is 5.32. The molecular formula is C11H30N2Si2. The second-order valence-electron chi connectivity index (χ2n) is 6.97. The van der Waals surface area contributed by atoms with Crippen LogP contribution in [0.1, 0.15) is 6.42 Å². The topological polar surface area (TPSA) is 29.3 Å². The molecule has 0 atom stereocenters. The SMILES string of the molecule is C[Si](C)(C)CN(CCCN)C[Si](C)(C)C. The maximum Gasteiger partial charge on any atom is 0.0599 e. The summed E-state index contributed by atoms with van der Waals surface area (Å²) in [5.74, 6) is 0. The summed E-state index contributed by atoms with van der Waals surface area (Å²) in [6.07, 6.45) is 3.81. The van der Waals surface area contributed by atoms with Crippen molar-refractivity contribution in [1.82, 2.24) is 4.90 Å². The third-order valence-corrected chi connectivity index (χ3v) is 4.87. The smallest absolute Gasteiger partial charge is 0.0599 e. The minimum Gasteiger partial charge on any atom is -0.330 e. The lowest BCUT2D eigenvalue weighted by Crippen LogP contribution is -2.48. The molecule has 0 spiro atoms. The Labute approximate surface area is 98.3 Å². The molecule has 0 amide bonds. The van der Waals surface area contributed by atoms with Gasteiger partial charge in [0, 0.05) is 0 Å². The minimum absolute atomic E-state index is 0.827. The van der Waals surface area contributed by atoms with E-state index in [1.165, 1.54) is 18.9 Å². The average molecular weight is 247 g/mol. The lowest BCUT2D eigenvalue weighted by Gasteiger charge is -2.33. The van der Waals surface area contributed by atoms with Crippen molar-refractivity contribution in [3.05, 3.63) is 0 Å². The molecule has 0 aliphatic carbocycles. The largest absolute Gasteiger partial charge is 0.330 e. The summed E-state index contributed by atoms with van der Waals surface area (Å²) < 4.78 is 0. The number of hydrogen-bond donors (Lipinski definition) is 1. The van der Waals surface area contributed by atoms with E-state index in [0.717, 1.165) is 13.0 Å². The van der Waals surface area contributed by atoms with Crippen LogP contribution in [-0.4, -0.2) is 46.5 Å². The molecule has 0 aromatic heterocycles. The first kappa shape index (κ1) is 15.4. The highest BCUT2D eigenvalue weighted by atomic mass is 28.3. The van der Waals surface area contributed by atoms with Gasteiger partial charge in [-0.25, -0.2) is 0 Å². The van der Waals surface area contributed by atoms with Crippen molar-refractivity contribution in [3.63, 3.8) is 0 Å². The number of nitrogens with zero attached hydrogens (tertiary/aromatic N) is 1. The van der Waals surface area contributed by atoms with Gasteiger partial charge in [-0.3, -0.25) is 0 Å². The number of nitrogens with two attached hydrogens (primary N) is 1. The summed E-state index contributed by atoms with van der Waals surface area (Å²) in [5, 5.41) is 0. The van der Waals surface area contributed by atoms with Gasteiger partial charge in [-0.05, 0) is 31.8 Å². The van der Waals surface area contributed by atoms with E-state index in [1.807, 2.05) is 0 Å². The number of rotatable bonds is 7. The maximum absolute atomic E-state index is 5.60. The van der Waals surface area contributed by atoms with Gasteiger partial charge in [-0.2, -0.15) is 0 Å². The van der Waals surface area contributed by atoms with Crippen molar-refractivity contribution in [2.24, 2.45) is 5.73 Å². The summed E-state index contributed by atoms with van der Waals surface area (Å²) in [7, 11) is -1.93. The van der Waals surface area contributed by atoms with Crippen molar-refractivity contribution in [2.45, 2.75) is 45.7 Å². The molecule has 0 aromatic carbocycles. The number of hydrogen-bond acceptors (Lipinski definition) is 2. The highest BCUT2D eigenvalue weighted by Crippen LogP contribution is 2.09. The highest BCUT2D eigenvalue weighted by molar-refractivity contribution is 6.77. The van der Waals surface area contributed by atoms with E-state index < -0.39 is 16.1 Å². The van der Waals surface area contributed by atoms with E-state index in [9.17, 15) is 0 Å². The van der Waals surface area contributed by atoms with Crippen LogP contribution in [-0.2, 0) is 0 Å². The molecule has 0 saturated carbocycles. The molecule has 92 valence electrons. The molecule has 0 unspecified atom stereocenters. The zero-order valence-electron chi connectivity index (χ0n) is 11.6. The van der Waals surface area contributed by atoms with Crippen LogP contribution in [0.4, 0.5) is 0 Å². The standard InChI is InChI=1S/C11H30N2Si2/c1-14(2,3)10-13(9-7-8-12)11-15(4,5)6/h7-12H2,1-6H3. The Hall–Kier alpha value is 0.354. The molecule has 0 radical (unpaired) electrons. The fraction of sp³-hybridized carbons (Fsp3) is 1.00. The Morgan fingerprint density at radius 2 is 1.27 bits per heavy atom. The Bertz CT molecular complexity index is 154. The monoisotopic (exact) mass is 246 g/mol. The lowest BCUT2D eigenvalue weighted by atomic mass is 10.4. The zero-order chi connectivity index (χ0) is 12.1. The van der Waals surface area contributed by atoms with Gasteiger partial charge in [-0.1, -0.05) is 39.3 Å². The fourth-order valence-electron chi connectivity index (χ4n) is 1.87. The molecule has 15 heavy (non-hydrogen) atoms. The van der Waals surface area contributed by atoms with Crippen LogP contribution in [0.25, 0.3) is 0 Å². The zero-order valence-corrected chi connectivity index (χ0v) is 13.6. The predicted octanol–water partition coefficient (Wildman–Crippen LogP) is 2.39. The van der Waals surface area contributed by atoms with E-state index >= 15 is 0 Å². The Balaban J connectivity index is 4.19. The molecule has 0 bridgehead atoms. The molecule has 0 aliphatic heterocycles. The minimum atomic E-state index is -0.963. The van der Waals surface area contributed by atoms with Gasteiger partial charge < -0.3 is 10.6 Å².